The van der Waals surface area contributed by atoms with Crippen LogP contribution in [0.1, 0.15) is 18.9 Å². The molecule has 1 aromatic rings. The first-order valence-corrected chi connectivity index (χ1v) is 5.48. The van der Waals surface area contributed by atoms with Gasteiger partial charge in [0.2, 0.25) is 0 Å². The second-order valence-corrected chi connectivity index (χ2v) is 4.51. The molecule has 0 saturated carbocycles. The van der Waals surface area contributed by atoms with Gasteiger partial charge in [0.15, 0.2) is 0 Å². The molecule has 0 spiro atoms. The number of ether oxygens (including phenoxy) is 1. The number of nitrogens with zero attached hydrogens (tertiary/aromatic N) is 1. The molecule has 3 nitrogen and oxygen atoms in total. The van der Waals surface area contributed by atoms with E-state index in [0.717, 1.165) is 24.2 Å². The molecule has 0 fully saturated rings. The van der Waals surface area contributed by atoms with Crippen LogP contribution < -0.4 is 4.90 Å². The van der Waals surface area contributed by atoms with Crippen LogP contribution in [0.2, 0.25) is 0 Å². The highest BCUT2D eigenvalue weighted by atomic mass is 16.5. The molecule has 3 heteroatoms. The molecule has 16 heavy (non-hydrogen) atoms. The SMILES string of the molecule is COC(=O)[C@@]1(C)CCN(C)c2ccccc21. The van der Waals surface area contributed by atoms with E-state index in [9.17, 15) is 4.79 Å². The van der Waals surface area contributed by atoms with Gasteiger partial charge < -0.3 is 9.64 Å². The summed E-state index contributed by atoms with van der Waals surface area (Å²) in [6, 6.07) is 8.04. The van der Waals surface area contributed by atoms with Crippen LogP contribution in [0.4, 0.5) is 5.69 Å². The minimum Gasteiger partial charge on any atom is -0.468 e. The van der Waals surface area contributed by atoms with Crippen molar-refractivity contribution in [3.05, 3.63) is 29.8 Å². The standard InChI is InChI=1S/C13H17NO2/c1-13(12(15)16-3)8-9-14(2)11-7-5-4-6-10(11)13/h4-7H,8-9H2,1-3H3/t13-/m0/s1. The maximum Gasteiger partial charge on any atom is 0.316 e. The Balaban J connectivity index is 2.53. The van der Waals surface area contributed by atoms with E-state index >= 15 is 0 Å². The normalized spacial score (nSPS) is 23.8. The van der Waals surface area contributed by atoms with E-state index in [1.54, 1.807) is 0 Å². The fraction of sp³-hybridized carbons (Fsp3) is 0.462. The zero-order valence-electron chi connectivity index (χ0n) is 9.99. The van der Waals surface area contributed by atoms with Crippen LogP contribution in [0.3, 0.4) is 0 Å². The Kier molecular flexibility index (Phi) is 2.62. The molecule has 0 radical (unpaired) electrons. The Labute approximate surface area is 96.0 Å². The summed E-state index contributed by atoms with van der Waals surface area (Å²) in [7, 11) is 3.50. The van der Waals surface area contributed by atoms with Gasteiger partial charge in [0, 0.05) is 19.3 Å². The minimum atomic E-state index is -0.502. The number of carbonyl (C=O) groups excluding carboxylic acids is 1. The summed E-state index contributed by atoms with van der Waals surface area (Å²) in [6.07, 6.45) is 0.799. The predicted octanol–water partition coefficient (Wildman–Crippen LogP) is 1.96. The summed E-state index contributed by atoms with van der Waals surface area (Å²) in [5.74, 6) is -0.145. The molecule has 1 aliphatic rings. The number of esters is 1. The molecule has 0 bridgehead atoms. The summed E-state index contributed by atoms with van der Waals surface area (Å²) in [5, 5.41) is 0. The number of methoxy groups -OCH3 is 1. The van der Waals surface area contributed by atoms with E-state index < -0.39 is 5.41 Å². The molecule has 0 N–H and O–H groups in total. The number of para-hydroxylation sites is 1. The number of anilines is 1. The van der Waals surface area contributed by atoms with Gasteiger partial charge in [-0.25, -0.2) is 0 Å². The molecule has 0 amide bonds. The van der Waals surface area contributed by atoms with Crippen molar-refractivity contribution in [1.29, 1.82) is 0 Å². The van der Waals surface area contributed by atoms with Crippen molar-refractivity contribution in [2.45, 2.75) is 18.8 Å². The van der Waals surface area contributed by atoms with Crippen molar-refractivity contribution in [3.63, 3.8) is 0 Å². The molecule has 0 unspecified atom stereocenters. The first-order chi connectivity index (χ1) is 7.59. The summed E-state index contributed by atoms with van der Waals surface area (Å²) in [6.45, 7) is 2.84. The van der Waals surface area contributed by atoms with Gasteiger partial charge >= 0.3 is 5.97 Å². The summed E-state index contributed by atoms with van der Waals surface area (Å²) in [5.41, 5.74) is 1.69. The molecular weight excluding hydrogens is 202 g/mol. The predicted molar refractivity (Wildman–Crippen MR) is 63.7 cm³/mol. The molecule has 1 atom stereocenters. The highest BCUT2D eigenvalue weighted by Crippen LogP contribution is 2.39. The lowest BCUT2D eigenvalue weighted by molar-refractivity contribution is -0.147. The molecular formula is C13H17NO2. The van der Waals surface area contributed by atoms with E-state index in [2.05, 4.69) is 18.0 Å². The zero-order valence-corrected chi connectivity index (χ0v) is 9.99. The number of rotatable bonds is 1. The third-order valence-electron chi connectivity index (χ3n) is 3.49. The van der Waals surface area contributed by atoms with Crippen molar-refractivity contribution >= 4 is 11.7 Å². The Bertz CT molecular complexity index is 416. The van der Waals surface area contributed by atoms with Crippen LogP contribution in [0.15, 0.2) is 24.3 Å². The molecule has 0 aliphatic carbocycles. The Morgan fingerprint density at radius 2 is 2.12 bits per heavy atom. The van der Waals surface area contributed by atoms with Crippen LogP contribution in [-0.2, 0) is 14.9 Å². The van der Waals surface area contributed by atoms with Gasteiger partial charge in [0.05, 0.1) is 12.5 Å². The number of carbonyl (C=O) groups is 1. The largest absolute Gasteiger partial charge is 0.468 e. The van der Waals surface area contributed by atoms with Crippen LogP contribution in [0.25, 0.3) is 0 Å². The molecule has 1 heterocycles. The fourth-order valence-electron chi connectivity index (χ4n) is 2.36. The van der Waals surface area contributed by atoms with Crippen molar-refractivity contribution in [2.24, 2.45) is 0 Å². The second-order valence-electron chi connectivity index (χ2n) is 4.51. The summed E-state index contributed by atoms with van der Waals surface area (Å²) >= 11 is 0. The number of benzene rings is 1. The minimum absolute atomic E-state index is 0.145. The van der Waals surface area contributed by atoms with Crippen LogP contribution in [0, 0.1) is 0 Å². The van der Waals surface area contributed by atoms with Crippen LogP contribution in [0.5, 0.6) is 0 Å². The van der Waals surface area contributed by atoms with Crippen molar-refractivity contribution in [2.75, 3.05) is 25.6 Å². The van der Waals surface area contributed by atoms with Gasteiger partial charge in [-0.2, -0.15) is 0 Å². The number of hydrogen-bond acceptors (Lipinski definition) is 3. The molecule has 1 aromatic carbocycles. The average Bonchev–Trinajstić information content (AvgIpc) is 2.33. The lowest BCUT2D eigenvalue weighted by atomic mass is 9.76. The fourth-order valence-corrected chi connectivity index (χ4v) is 2.36. The number of hydrogen-bond donors (Lipinski definition) is 0. The molecule has 2 rings (SSSR count). The van der Waals surface area contributed by atoms with Gasteiger partial charge in [-0.05, 0) is 25.0 Å². The lowest BCUT2D eigenvalue weighted by Gasteiger charge is -2.38. The lowest BCUT2D eigenvalue weighted by Crippen LogP contribution is -2.42. The Hall–Kier alpha value is -1.51. The zero-order chi connectivity index (χ0) is 11.8. The van der Waals surface area contributed by atoms with Gasteiger partial charge in [-0.15, -0.1) is 0 Å². The quantitative estimate of drug-likeness (QED) is 0.676. The third-order valence-corrected chi connectivity index (χ3v) is 3.49. The first-order valence-electron chi connectivity index (χ1n) is 5.48. The highest BCUT2D eigenvalue weighted by molar-refractivity contribution is 5.86. The Morgan fingerprint density at radius 1 is 1.44 bits per heavy atom. The monoisotopic (exact) mass is 219 g/mol. The molecule has 1 aliphatic heterocycles. The summed E-state index contributed by atoms with van der Waals surface area (Å²) in [4.78, 5) is 14.1. The van der Waals surface area contributed by atoms with Crippen molar-refractivity contribution < 1.29 is 9.53 Å². The van der Waals surface area contributed by atoms with Gasteiger partial charge in [0.1, 0.15) is 0 Å². The van der Waals surface area contributed by atoms with Gasteiger partial charge in [-0.1, -0.05) is 18.2 Å². The average molecular weight is 219 g/mol. The molecule has 86 valence electrons. The van der Waals surface area contributed by atoms with E-state index in [1.807, 2.05) is 25.1 Å². The van der Waals surface area contributed by atoms with E-state index in [-0.39, 0.29) is 5.97 Å². The second kappa shape index (κ2) is 3.81. The van der Waals surface area contributed by atoms with Crippen molar-refractivity contribution in [1.82, 2.24) is 0 Å². The van der Waals surface area contributed by atoms with E-state index in [4.69, 9.17) is 4.74 Å². The first kappa shape index (κ1) is 11.0. The Morgan fingerprint density at radius 3 is 2.81 bits per heavy atom. The maximum absolute atomic E-state index is 11.9. The number of fused-ring (bicyclic) bond motifs is 1. The van der Waals surface area contributed by atoms with Gasteiger partial charge in [-0.3, -0.25) is 4.79 Å². The molecule has 0 saturated heterocycles. The van der Waals surface area contributed by atoms with Gasteiger partial charge in [0.25, 0.3) is 0 Å². The third kappa shape index (κ3) is 1.47. The topological polar surface area (TPSA) is 29.5 Å². The molecule has 0 aromatic heterocycles. The smallest absolute Gasteiger partial charge is 0.316 e. The highest BCUT2D eigenvalue weighted by Gasteiger charge is 2.41. The van der Waals surface area contributed by atoms with E-state index in [1.165, 1.54) is 7.11 Å². The van der Waals surface area contributed by atoms with E-state index in [0.29, 0.717) is 0 Å². The summed E-state index contributed by atoms with van der Waals surface area (Å²) < 4.78 is 4.93. The van der Waals surface area contributed by atoms with Crippen LogP contribution in [-0.4, -0.2) is 26.7 Å². The van der Waals surface area contributed by atoms with Crippen LogP contribution >= 0.6 is 0 Å². The van der Waals surface area contributed by atoms with Crippen molar-refractivity contribution in [3.8, 4) is 0 Å². The maximum atomic E-state index is 11.9.